The zero-order valence-corrected chi connectivity index (χ0v) is 23.5. The maximum Gasteiger partial charge on any atom is 1.00 e. The molecule has 0 rings (SSSR count). The van der Waals surface area contributed by atoms with E-state index in [9.17, 15) is 0 Å². The average molecular weight is 376 g/mol. The van der Waals surface area contributed by atoms with Crippen LogP contribution in [0.5, 0.6) is 0 Å². The van der Waals surface area contributed by atoms with Crippen molar-refractivity contribution in [3.05, 3.63) is 14.9 Å². The fraction of sp³-hybridized carbons (Fsp3) is 0.778. The van der Waals surface area contributed by atoms with Crippen molar-refractivity contribution >= 4 is 0 Å². The van der Waals surface area contributed by atoms with E-state index < -0.39 is 0 Å². The molecular formula is C9H27Na2O4Zn2-. The molecule has 0 bridgehead atoms. The van der Waals surface area contributed by atoms with E-state index in [4.69, 9.17) is 20.1 Å². The molecule has 0 aliphatic rings. The molecule has 0 atom stereocenters. The van der Waals surface area contributed by atoms with Crippen LogP contribution >= 0.6 is 0 Å². The number of hydrogen-bond acceptors (Lipinski definition) is 4. The second kappa shape index (κ2) is 169. The molecule has 0 fully saturated rings. The van der Waals surface area contributed by atoms with Crippen LogP contribution < -0.4 is 64.2 Å². The maximum atomic E-state index is 8.25. The van der Waals surface area contributed by atoms with Crippen LogP contribution in [0.2, 0.25) is 0 Å². The minimum Gasteiger partial charge on any atom is -0.857 e. The normalized spacial score (nSPS) is 3.53. The summed E-state index contributed by atoms with van der Waals surface area (Å²) in [4.78, 5) is 0. The molecule has 0 amide bonds. The molecule has 0 aromatic rings. The number of ether oxygens (including phenoxy) is 1. The SMILES string of the molecule is CCOCC.CO.CO.C[O-].[CH3-].[CH3-].[Na+].[Na+].[Zn].[Zn]. The molecular weight excluding hydrogens is 349 g/mol. The van der Waals surface area contributed by atoms with Gasteiger partial charge in [-0.1, -0.05) is 0 Å². The second-order valence-corrected chi connectivity index (χ2v) is 0.781. The minimum absolute atomic E-state index is 0. The molecule has 0 heterocycles. The molecule has 2 N–H and O–H groups in total. The van der Waals surface area contributed by atoms with Gasteiger partial charge in [-0.2, -0.15) is 7.11 Å². The summed E-state index contributed by atoms with van der Waals surface area (Å²) in [5.41, 5.74) is 0. The maximum absolute atomic E-state index is 8.25. The Kier molecular flexibility index (Phi) is 713. The van der Waals surface area contributed by atoms with Crippen molar-refractivity contribution in [1.29, 1.82) is 0 Å². The summed E-state index contributed by atoms with van der Waals surface area (Å²) in [6.45, 7) is 5.67. The fourth-order valence-corrected chi connectivity index (χ4v) is 0.204. The first kappa shape index (κ1) is 71.9. The van der Waals surface area contributed by atoms with Crippen LogP contribution in [-0.2, 0) is 43.7 Å². The molecule has 4 nitrogen and oxygen atoms in total. The number of rotatable bonds is 2. The first-order valence-corrected chi connectivity index (χ1v) is 3.29. The molecule has 0 aromatic carbocycles. The topological polar surface area (TPSA) is 72.8 Å². The van der Waals surface area contributed by atoms with Crippen LogP contribution in [0, 0.1) is 14.9 Å². The van der Waals surface area contributed by atoms with E-state index >= 15 is 0 Å². The summed E-state index contributed by atoms with van der Waals surface area (Å²) >= 11 is 0. The zero-order valence-electron chi connectivity index (χ0n) is 13.5. The fourth-order valence-electron chi connectivity index (χ4n) is 0.204. The Morgan fingerprint density at radius 2 is 0.882 bits per heavy atom. The van der Waals surface area contributed by atoms with E-state index in [1.54, 1.807) is 0 Å². The van der Waals surface area contributed by atoms with Gasteiger partial charge in [0.1, 0.15) is 0 Å². The van der Waals surface area contributed by atoms with Crippen molar-refractivity contribution in [2.24, 2.45) is 0 Å². The van der Waals surface area contributed by atoms with Gasteiger partial charge in [-0.15, -0.1) is 0 Å². The molecule has 17 heavy (non-hydrogen) atoms. The summed E-state index contributed by atoms with van der Waals surface area (Å²) in [5, 5.41) is 22.2. The van der Waals surface area contributed by atoms with Crippen molar-refractivity contribution in [1.82, 2.24) is 0 Å². The van der Waals surface area contributed by atoms with E-state index in [0.717, 1.165) is 34.5 Å². The Labute approximate surface area is 179 Å². The van der Waals surface area contributed by atoms with E-state index in [0.29, 0.717) is 0 Å². The van der Waals surface area contributed by atoms with Gasteiger partial charge in [0.15, 0.2) is 0 Å². The first-order chi connectivity index (χ1) is 5.41. The van der Waals surface area contributed by atoms with Crippen LogP contribution in [0.15, 0.2) is 0 Å². The van der Waals surface area contributed by atoms with E-state index in [1.165, 1.54) is 0 Å². The largest absolute Gasteiger partial charge is 1.00 e. The predicted octanol–water partition coefficient (Wildman–Crippen LogP) is -5.86. The average Bonchev–Trinajstić information content (AvgIpc) is 2.16. The monoisotopic (exact) mass is 373 g/mol. The molecule has 0 spiro atoms. The quantitative estimate of drug-likeness (QED) is 0.372. The van der Waals surface area contributed by atoms with Gasteiger partial charge in [0, 0.05) is 66.4 Å². The molecule has 0 radical (unpaired) electrons. The van der Waals surface area contributed by atoms with Crippen molar-refractivity contribution in [2.75, 3.05) is 34.5 Å². The summed E-state index contributed by atoms with van der Waals surface area (Å²) in [6, 6.07) is 0. The van der Waals surface area contributed by atoms with Crippen LogP contribution in [-0.4, -0.2) is 44.8 Å². The predicted molar refractivity (Wildman–Crippen MR) is 57.2 cm³/mol. The standard InChI is InChI=1S/C4H10O.2CH4O.CH3O.2CH3.2Na.2Zn/c1-3-5-4-2;3*1-2;;;;;;/h3-4H2,1-2H3;2*2H,1H3;1H3;2*1H3;;;;/q;;;3*-1;2*+1;;. The van der Waals surface area contributed by atoms with Crippen LogP contribution in [0.4, 0.5) is 0 Å². The van der Waals surface area contributed by atoms with E-state index in [1.807, 2.05) is 13.8 Å². The summed E-state index contributed by atoms with van der Waals surface area (Å²) < 4.78 is 4.83. The van der Waals surface area contributed by atoms with Gasteiger partial charge in [0.2, 0.25) is 0 Å². The minimum atomic E-state index is 0. The van der Waals surface area contributed by atoms with Gasteiger partial charge in [0.05, 0.1) is 0 Å². The molecule has 0 aromatic heterocycles. The number of hydrogen-bond donors (Lipinski definition) is 2. The molecule has 0 aliphatic heterocycles. The van der Waals surface area contributed by atoms with Crippen molar-refractivity contribution in [3.63, 3.8) is 0 Å². The van der Waals surface area contributed by atoms with Gasteiger partial charge in [-0.3, -0.25) is 0 Å². The Balaban J connectivity index is -0.00000000467. The molecule has 0 unspecified atom stereocenters. The molecule has 0 aliphatic carbocycles. The van der Waals surface area contributed by atoms with Crippen molar-refractivity contribution in [3.8, 4) is 0 Å². The van der Waals surface area contributed by atoms with Crippen LogP contribution in [0.3, 0.4) is 0 Å². The summed E-state index contributed by atoms with van der Waals surface area (Å²) in [7, 11) is 2.75. The molecule has 8 heteroatoms. The Hall–Kier alpha value is 3.09. The summed E-state index contributed by atoms with van der Waals surface area (Å²) in [6.07, 6.45) is 0. The zero-order chi connectivity index (χ0) is 10.1. The molecule has 0 saturated heterocycles. The smallest absolute Gasteiger partial charge is 0.857 e. The molecule has 94 valence electrons. The van der Waals surface area contributed by atoms with Crippen LogP contribution in [0.1, 0.15) is 13.8 Å². The third-order valence-corrected chi connectivity index (χ3v) is 0.408. The van der Waals surface area contributed by atoms with Gasteiger partial charge in [-0.05, 0) is 13.8 Å². The van der Waals surface area contributed by atoms with Crippen molar-refractivity contribution < 1.29 is 118 Å². The summed E-state index contributed by atoms with van der Waals surface area (Å²) in [5.74, 6) is 0. The van der Waals surface area contributed by atoms with Gasteiger partial charge < -0.3 is 34.9 Å². The Morgan fingerprint density at radius 1 is 0.765 bits per heavy atom. The first-order valence-electron chi connectivity index (χ1n) is 3.29. The molecule has 0 saturated carbocycles. The van der Waals surface area contributed by atoms with Gasteiger partial charge in [-0.25, -0.2) is 0 Å². The van der Waals surface area contributed by atoms with Gasteiger partial charge in [0.25, 0.3) is 0 Å². The van der Waals surface area contributed by atoms with E-state index in [2.05, 4.69) is 0 Å². The van der Waals surface area contributed by atoms with Gasteiger partial charge >= 0.3 is 59.1 Å². The van der Waals surface area contributed by atoms with Crippen molar-refractivity contribution in [2.45, 2.75) is 13.8 Å². The van der Waals surface area contributed by atoms with Crippen LogP contribution in [0.25, 0.3) is 0 Å². The Bertz CT molecular complexity index is 36.5. The third kappa shape index (κ3) is 215. The number of aliphatic hydroxyl groups is 2. The number of aliphatic hydroxyl groups excluding tert-OH is 2. The van der Waals surface area contributed by atoms with E-state index in [-0.39, 0.29) is 113 Å². The Morgan fingerprint density at radius 3 is 0.882 bits per heavy atom. The second-order valence-electron chi connectivity index (χ2n) is 0.781. The third-order valence-electron chi connectivity index (χ3n) is 0.408.